The number of rotatable bonds is 4. The molecule has 0 aliphatic heterocycles. The van der Waals surface area contributed by atoms with Gasteiger partial charge in [-0.2, -0.15) is 4.98 Å². The largest absolute Gasteiger partial charge is 0.351 e. The fraction of sp³-hybridized carbons (Fsp3) is 0.316. The number of aryl methyl sites for hydroxylation is 1. The molecule has 1 aliphatic rings. The summed E-state index contributed by atoms with van der Waals surface area (Å²) in [5, 5.41) is 5.56. The lowest BCUT2D eigenvalue weighted by molar-refractivity contribution is 0.687. The van der Waals surface area contributed by atoms with E-state index < -0.39 is 0 Å². The minimum absolute atomic E-state index is 0.434. The maximum atomic E-state index is 4.65. The van der Waals surface area contributed by atoms with Gasteiger partial charge in [-0.1, -0.05) is 6.07 Å². The Kier molecular flexibility index (Phi) is 3.28. The van der Waals surface area contributed by atoms with E-state index in [4.69, 9.17) is 0 Å². The van der Waals surface area contributed by atoms with Crippen LogP contribution in [0.15, 0.2) is 30.6 Å². The van der Waals surface area contributed by atoms with Gasteiger partial charge in [-0.25, -0.2) is 9.97 Å². The second-order valence-corrected chi connectivity index (χ2v) is 8.08. The van der Waals surface area contributed by atoms with Crippen molar-refractivity contribution in [2.45, 2.75) is 32.7 Å². The molecule has 1 fully saturated rings. The molecule has 0 radical (unpaired) electrons. The first kappa shape index (κ1) is 14.8. The molecule has 1 aliphatic carbocycles. The zero-order chi connectivity index (χ0) is 17.0. The maximum Gasteiger partial charge on any atom is 0.224 e. The quantitative estimate of drug-likeness (QED) is 0.558. The van der Waals surface area contributed by atoms with Gasteiger partial charge >= 0.3 is 0 Å². The predicted molar refractivity (Wildman–Crippen MR) is 103 cm³/mol. The molecule has 5 nitrogen and oxygen atoms in total. The Morgan fingerprint density at radius 2 is 2.16 bits per heavy atom. The average molecular weight is 349 g/mol. The van der Waals surface area contributed by atoms with Crippen LogP contribution in [0.25, 0.3) is 32.4 Å². The van der Waals surface area contributed by atoms with Gasteiger partial charge in [-0.15, -0.1) is 11.3 Å². The second kappa shape index (κ2) is 5.52. The lowest BCUT2D eigenvalue weighted by atomic mass is 10.1. The Morgan fingerprint density at radius 1 is 1.28 bits per heavy atom. The van der Waals surface area contributed by atoms with Crippen LogP contribution in [-0.4, -0.2) is 26.0 Å². The third kappa shape index (κ3) is 2.66. The van der Waals surface area contributed by atoms with Crippen LogP contribution in [0.5, 0.6) is 0 Å². The van der Waals surface area contributed by atoms with Gasteiger partial charge in [0.15, 0.2) is 0 Å². The summed E-state index contributed by atoms with van der Waals surface area (Å²) in [7, 11) is 0. The first-order valence-electron chi connectivity index (χ1n) is 8.65. The predicted octanol–water partition coefficient (Wildman–Crippen LogP) is 4.75. The molecule has 0 spiro atoms. The monoisotopic (exact) mass is 349 g/mol. The molecule has 1 saturated carbocycles. The summed E-state index contributed by atoms with van der Waals surface area (Å²) < 4.78 is 1.21. The van der Waals surface area contributed by atoms with Crippen molar-refractivity contribution in [3.63, 3.8) is 0 Å². The van der Waals surface area contributed by atoms with Crippen LogP contribution in [0.2, 0.25) is 0 Å². The summed E-state index contributed by atoms with van der Waals surface area (Å²) in [4.78, 5) is 17.0. The number of nitrogens with zero attached hydrogens (tertiary/aromatic N) is 3. The SMILES string of the molecule is Cc1nc2ccc(-c3c[nH]c4nc(N[C@H](C)C5CC5)ncc34)cc2s1. The Hall–Kier alpha value is -2.47. The molecular formula is C19H19N5S. The molecule has 25 heavy (non-hydrogen) atoms. The van der Waals surface area contributed by atoms with Crippen molar-refractivity contribution in [1.29, 1.82) is 0 Å². The van der Waals surface area contributed by atoms with Gasteiger partial charge in [0.25, 0.3) is 0 Å². The van der Waals surface area contributed by atoms with Crippen LogP contribution in [0, 0.1) is 12.8 Å². The first-order chi connectivity index (χ1) is 12.2. The van der Waals surface area contributed by atoms with E-state index in [0.717, 1.165) is 38.6 Å². The standard InChI is InChI=1S/C19H19N5S/c1-10(12-3-4-12)22-19-21-9-15-14(8-20-18(15)24-19)13-5-6-16-17(7-13)25-11(2)23-16/h5-10,12H,3-4H2,1-2H3,(H2,20,21,22,24)/t10-/m1/s1. The number of benzene rings is 1. The topological polar surface area (TPSA) is 66.5 Å². The number of fused-ring (bicyclic) bond motifs is 2. The van der Waals surface area contributed by atoms with Gasteiger partial charge in [0.2, 0.25) is 5.95 Å². The van der Waals surface area contributed by atoms with Gasteiger partial charge in [-0.3, -0.25) is 0 Å². The van der Waals surface area contributed by atoms with Crippen molar-refractivity contribution in [3.8, 4) is 11.1 Å². The zero-order valence-electron chi connectivity index (χ0n) is 14.2. The number of aromatic amines is 1. The minimum atomic E-state index is 0.434. The number of hydrogen-bond donors (Lipinski definition) is 2. The van der Waals surface area contributed by atoms with E-state index in [1.165, 1.54) is 17.5 Å². The molecule has 0 saturated heterocycles. The van der Waals surface area contributed by atoms with Crippen molar-refractivity contribution >= 4 is 38.5 Å². The summed E-state index contributed by atoms with van der Waals surface area (Å²) in [6.45, 7) is 4.25. The molecule has 4 aromatic rings. The van der Waals surface area contributed by atoms with Crippen molar-refractivity contribution < 1.29 is 0 Å². The third-order valence-corrected chi connectivity index (χ3v) is 5.86. The molecule has 5 rings (SSSR count). The van der Waals surface area contributed by atoms with Crippen molar-refractivity contribution in [2.24, 2.45) is 5.92 Å². The van der Waals surface area contributed by atoms with Crippen LogP contribution in [0.4, 0.5) is 5.95 Å². The third-order valence-electron chi connectivity index (χ3n) is 4.92. The van der Waals surface area contributed by atoms with E-state index in [-0.39, 0.29) is 0 Å². The first-order valence-corrected chi connectivity index (χ1v) is 9.47. The van der Waals surface area contributed by atoms with E-state index in [1.54, 1.807) is 11.3 Å². The number of aromatic nitrogens is 4. The van der Waals surface area contributed by atoms with Crippen molar-refractivity contribution in [2.75, 3.05) is 5.32 Å². The van der Waals surface area contributed by atoms with E-state index in [2.05, 4.69) is 50.4 Å². The Labute approximate surface area is 149 Å². The average Bonchev–Trinajstić information content (AvgIpc) is 3.27. The molecule has 2 N–H and O–H groups in total. The van der Waals surface area contributed by atoms with Gasteiger partial charge in [-0.05, 0) is 50.3 Å². The molecule has 1 aromatic carbocycles. The molecular weight excluding hydrogens is 330 g/mol. The highest BCUT2D eigenvalue weighted by atomic mass is 32.1. The van der Waals surface area contributed by atoms with Crippen LogP contribution < -0.4 is 5.32 Å². The smallest absolute Gasteiger partial charge is 0.224 e. The fourth-order valence-corrected chi connectivity index (χ4v) is 4.21. The Balaban J connectivity index is 1.52. The van der Waals surface area contributed by atoms with Crippen LogP contribution in [0.1, 0.15) is 24.8 Å². The number of H-pyrrole nitrogens is 1. The van der Waals surface area contributed by atoms with Gasteiger partial charge in [0, 0.05) is 29.4 Å². The van der Waals surface area contributed by atoms with Gasteiger partial charge in [0.1, 0.15) is 5.65 Å². The van der Waals surface area contributed by atoms with E-state index >= 15 is 0 Å². The summed E-state index contributed by atoms with van der Waals surface area (Å²) in [6, 6.07) is 6.83. The Morgan fingerprint density at radius 3 is 3.00 bits per heavy atom. The lowest BCUT2D eigenvalue weighted by Gasteiger charge is -2.12. The number of hydrogen-bond acceptors (Lipinski definition) is 5. The van der Waals surface area contributed by atoms with Gasteiger partial charge < -0.3 is 10.3 Å². The van der Waals surface area contributed by atoms with Crippen molar-refractivity contribution in [1.82, 2.24) is 19.9 Å². The summed E-state index contributed by atoms with van der Waals surface area (Å²) >= 11 is 1.72. The molecule has 126 valence electrons. The maximum absolute atomic E-state index is 4.65. The Bertz CT molecular complexity index is 1080. The highest BCUT2D eigenvalue weighted by Gasteiger charge is 2.28. The van der Waals surface area contributed by atoms with Gasteiger partial charge in [0.05, 0.1) is 15.2 Å². The minimum Gasteiger partial charge on any atom is -0.351 e. The molecule has 1 atom stereocenters. The molecule has 0 amide bonds. The summed E-state index contributed by atoms with van der Waals surface area (Å²) in [5.41, 5.74) is 4.22. The number of thiazole rings is 1. The lowest BCUT2D eigenvalue weighted by Crippen LogP contribution is -2.18. The van der Waals surface area contributed by atoms with E-state index in [1.807, 2.05) is 19.3 Å². The molecule has 0 bridgehead atoms. The molecule has 0 unspecified atom stereocenters. The molecule has 6 heteroatoms. The zero-order valence-corrected chi connectivity index (χ0v) is 15.0. The normalized spacial score (nSPS) is 15.8. The van der Waals surface area contributed by atoms with E-state index in [0.29, 0.717) is 12.0 Å². The summed E-state index contributed by atoms with van der Waals surface area (Å²) in [5.74, 6) is 1.47. The summed E-state index contributed by atoms with van der Waals surface area (Å²) in [6.07, 6.45) is 6.55. The fourth-order valence-electron chi connectivity index (χ4n) is 3.34. The van der Waals surface area contributed by atoms with Crippen LogP contribution in [-0.2, 0) is 0 Å². The van der Waals surface area contributed by atoms with Crippen LogP contribution in [0.3, 0.4) is 0 Å². The second-order valence-electron chi connectivity index (χ2n) is 6.84. The van der Waals surface area contributed by atoms with Crippen LogP contribution >= 0.6 is 11.3 Å². The van der Waals surface area contributed by atoms with E-state index in [9.17, 15) is 0 Å². The molecule has 3 heterocycles. The number of anilines is 1. The van der Waals surface area contributed by atoms with Crippen molar-refractivity contribution in [3.05, 3.63) is 35.6 Å². The highest BCUT2D eigenvalue weighted by Crippen LogP contribution is 2.34. The highest BCUT2D eigenvalue weighted by molar-refractivity contribution is 7.18. The number of nitrogens with one attached hydrogen (secondary N) is 2. The molecule has 3 aromatic heterocycles.